The molecule has 0 aromatic heterocycles. The molecule has 0 aliphatic carbocycles. The highest BCUT2D eigenvalue weighted by molar-refractivity contribution is 5.75. The molecule has 0 saturated carbocycles. The van der Waals surface area contributed by atoms with Crippen LogP contribution < -0.4 is 11.1 Å². The fraction of sp³-hybridized carbons (Fsp3) is 0.923. The first kappa shape index (κ1) is 17.2. The molecule has 1 amide bonds. The molecule has 0 aromatic carbocycles. The SMILES string of the molecule is CCCCC1CC(NCC(F)(F)F)CN(CC(N)=O)C1. The molecule has 1 rings (SSSR count). The third-order valence-electron chi connectivity index (χ3n) is 3.55. The van der Waals surface area contributed by atoms with Crippen LogP contribution in [0.1, 0.15) is 32.6 Å². The quantitative estimate of drug-likeness (QED) is 0.748. The number of piperidine rings is 1. The number of hydrogen-bond donors (Lipinski definition) is 2. The highest BCUT2D eigenvalue weighted by atomic mass is 19.4. The van der Waals surface area contributed by atoms with E-state index in [1.165, 1.54) is 0 Å². The zero-order chi connectivity index (χ0) is 15.2. The van der Waals surface area contributed by atoms with E-state index in [0.717, 1.165) is 32.2 Å². The van der Waals surface area contributed by atoms with Crippen molar-refractivity contribution < 1.29 is 18.0 Å². The summed E-state index contributed by atoms with van der Waals surface area (Å²) in [6.07, 6.45) is -0.375. The molecule has 1 heterocycles. The molecule has 7 heteroatoms. The first-order chi connectivity index (χ1) is 9.30. The Hall–Kier alpha value is -0.820. The molecule has 0 bridgehead atoms. The number of unbranched alkanes of at least 4 members (excludes halogenated alkanes) is 1. The van der Waals surface area contributed by atoms with Crippen LogP contribution in [0.3, 0.4) is 0 Å². The molecule has 20 heavy (non-hydrogen) atoms. The summed E-state index contributed by atoms with van der Waals surface area (Å²) in [4.78, 5) is 12.9. The highest BCUT2D eigenvalue weighted by Crippen LogP contribution is 2.23. The molecular formula is C13H24F3N3O. The van der Waals surface area contributed by atoms with Crippen LogP contribution in [0.15, 0.2) is 0 Å². The van der Waals surface area contributed by atoms with Gasteiger partial charge in [0.1, 0.15) is 0 Å². The maximum Gasteiger partial charge on any atom is 0.401 e. The Bertz CT molecular complexity index is 310. The lowest BCUT2D eigenvalue weighted by atomic mass is 9.90. The topological polar surface area (TPSA) is 58.4 Å². The number of hydrogen-bond acceptors (Lipinski definition) is 3. The summed E-state index contributed by atoms with van der Waals surface area (Å²) in [7, 11) is 0. The van der Waals surface area contributed by atoms with Crippen molar-refractivity contribution in [2.24, 2.45) is 11.7 Å². The van der Waals surface area contributed by atoms with Gasteiger partial charge in [0.25, 0.3) is 0 Å². The molecular weight excluding hydrogens is 271 g/mol. The normalized spacial score (nSPS) is 24.8. The first-order valence-electron chi connectivity index (χ1n) is 7.11. The van der Waals surface area contributed by atoms with Crippen molar-refractivity contribution in [3.8, 4) is 0 Å². The number of halogens is 3. The largest absolute Gasteiger partial charge is 0.401 e. The molecule has 1 fully saturated rings. The third-order valence-corrected chi connectivity index (χ3v) is 3.55. The summed E-state index contributed by atoms with van der Waals surface area (Å²) in [6, 6.07) is -0.230. The lowest BCUT2D eigenvalue weighted by molar-refractivity contribution is -0.128. The predicted molar refractivity (Wildman–Crippen MR) is 71.1 cm³/mol. The van der Waals surface area contributed by atoms with E-state index in [0.29, 0.717) is 12.5 Å². The van der Waals surface area contributed by atoms with Gasteiger partial charge in [0.15, 0.2) is 0 Å². The summed E-state index contributed by atoms with van der Waals surface area (Å²) >= 11 is 0. The molecule has 1 aliphatic heterocycles. The second-order valence-electron chi connectivity index (χ2n) is 5.60. The number of rotatable bonds is 7. The Labute approximate surface area is 117 Å². The number of amides is 1. The summed E-state index contributed by atoms with van der Waals surface area (Å²) in [5.74, 6) is -0.107. The number of nitrogens with one attached hydrogen (secondary N) is 1. The maximum atomic E-state index is 12.3. The molecule has 4 nitrogen and oxygen atoms in total. The molecule has 0 radical (unpaired) electrons. The second kappa shape index (κ2) is 7.83. The van der Waals surface area contributed by atoms with Crippen LogP contribution in [0.2, 0.25) is 0 Å². The average molecular weight is 295 g/mol. The zero-order valence-electron chi connectivity index (χ0n) is 11.9. The number of carbonyl (C=O) groups excluding carboxylic acids is 1. The van der Waals surface area contributed by atoms with Gasteiger partial charge in [-0.15, -0.1) is 0 Å². The van der Waals surface area contributed by atoms with Crippen LogP contribution in [0.4, 0.5) is 13.2 Å². The van der Waals surface area contributed by atoms with Crippen LogP contribution in [-0.4, -0.2) is 49.2 Å². The van der Waals surface area contributed by atoms with Gasteiger partial charge in [-0.2, -0.15) is 13.2 Å². The van der Waals surface area contributed by atoms with E-state index in [2.05, 4.69) is 12.2 Å². The number of nitrogens with two attached hydrogens (primary N) is 1. The van der Waals surface area contributed by atoms with Gasteiger partial charge in [0, 0.05) is 19.1 Å². The first-order valence-corrected chi connectivity index (χ1v) is 7.11. The number of nitrogens with zero attached hydrogens (tertiary/aromatic N) is 1. The van der Waals surface area contributed by atoms with Gasteiger partial charge in [-0.25, -0.2) is 0 Å². The summed E-state index contributed by atoms with van der Waals surface area (Å²) < 4.78 is 36.8. The van der Waals surface area contributed by atoms with E-state index < -0.39 is 18.6 Å². The van der Waals surface area contributed by atoms with Crippen molar-refractivity contribution in [2.75, 3.05) is 26.2 Å². The van der Waals surface area contributed by atoms with Crippen LogP contribution in [0.5, 0.6) is 0 Å². The van der Waals surface area contributed by atoms with Crippen LogP contribution in [0, 0.1) is 5.92 Å². The molecule has 1 saturated heterocycles. The van der Waals surface area contributed by atoms with Gasteiger partial charge in [-0.05, 0) is 18.8 Å². The molecule has 118 valence electrons. The van der Waals surface area contributed by atoms with E-state index >= 15 is 0 Å². The average Bonchev–Trinajstić information content (AvgIpc) is 2.32. The Morgan fingerprint density at radius 2 is 2.10 bits per heavy atom. The van der Waals surface area contributed by atoms with E-state index in [1.54, 1.807) is 0 Å². The second-order valence-corrected chi connectivity index (χ2v) is 5.60. The summed E-state index contributed by atoms with van der Waals surface area (Å²) in [5, 5.41) is 2.55. The summed E-state index contributed by atoms with van der Waals surface area (Å²) in [5.41, 5.74) is 5.18. The lowest BCUT2D eigenvalue weighted by Crippen LogP contribution is -2.52. The fourth-order valence-corrected chi connectivity index (χ4v) is 2.76. The summed E-state index contributed by atoms with van der Waals surface area (Å²) in [6.45, 7) is 2.41. The minimum atomic E-state index is -4.20. The maximum absolute atomic E-state index is 12.3. The van der Waals surface area contributed by atoms with Gasteiger partial charge in [-0.3, -0.25) is 9.69 Å². The van der Waals surface area contributed by atoms with Crippen molar-refractivity contribution in [1.82, 2.24) is 10.2 Å². The molecule has 2 atom stereocenters. The smallest absolute Gasteiger partial charge is 0.369 e. The van der Waals surface area contributed by atoms with Gasteiger partial charge in [-0.1, -0.05) is 19.8 Å². The molecule has 0 spiro atoms. The van der Waals surface area contributed by atoms with Gasteiger partial charge in [0.2, 0.25) is 5.91 Å². The number of carbonyl (C=O) groups is 1. The number of likely N-dealkylation sites (tertiary alicyclic amines) is 1. The van der Waals surface area contributed by atoms with Crippen molar-refractivity contribution in [1.29, 1.82) is 0 Å². The minimum Gasteiger partial charge on any atom is -0.369 e. The van der Waals surface area contributed by atoms with Crippen LogP contribution in [-0.2, 0) is 4.79 Å². The number of alkyl halides is 3. The van der Waals surface area contributed by atoms with Crippen molar-refractivity contribution in [3.63, 3.8) is 0 Å². The fourth-order valence-electron chi connectivity index (χ4n) is 2.76. The van der Waals surface area contributed by atoms with Crippen molar-refractivity contribution >= 4 is 5.91 Å². The Morgan fingerprint density at radius 3 is 2.65 bits per heavy atom. The standard InChI is InChI=1S/C13H24F3N3O/c1-2-3-4-10-5-11(18-9-13(14,15)16)7-19(6-10)8-12(17)20/h10-11,18H,2-9H2,1H3,(H2,17,20). The van der Waals surface area contributed by atoms with E-state index in [1.807, 2.05) is 4.90 Å². The Kier molecular flexibility index (Phi) is 6.75. The van der Waals surface area contributed by atoms with Crippen molar-refractivity contribution in [3.05, 3.63) is 0 Å². The van der Waals surface area contributed by atoms with E-state index in [4.69, 9.17) is 5.73 Å². The molecule has 3 N–H and O–H groups in total. The van der Waals surface area contributed by atoms with E-state index in [-0.39, 0.29) is 12.6 Å². The zero-order valence-corrected chi connectivity index (χ0v) is 11.9. The third kappa shape index (κ3) is 7.09. The van der Waals surface area contributed by atoms with Crippen molar-refractivity contribution in [2.45, 2.75) is 44.8 Å². The minimum absolute atomic E-state index is 0.118. The van der Waals surface area contributed by atoms with E-state index in [9.17, 15) is 18.0 Å². The van der Waals surface area contributed by atoms with Gasteiger partial charge < -0.3 is 11.1 Å². The monoisotopic (exact) mass is 295 g/mol. The molecule has 1 aliphatic rings. The van der Waals surface area contributed by atoms with Crippen LogP contribution in [0.25, 0.3) is 0 Å². The van der Waals surface area contributed by atoms with Gasteiger partial charge >= 0.3 is 6.18 Å². The lowest BCUT2D eigenvalue weighted by Gasteiger charge is -2.38. The molecule has 2 unspecified atom stereocenters. The number of primary amides is 1. The Morgan fingerprint density at radius 1 is 1.40 bits per heavy atom. The predicted octanol–water partition coefficient (Wildman–Crippen LogP) is 1.50. The Balaban J connectivity index is 2.52. The van der Waals surface area contributed by atoms with Crippen LogP contribution >= 0.6 is 0 Å². The highest BCUT2D eigenvalue weighted by Gasteiger charge is 2.32. The van der Waals surface area contributed by atoms with Gasteiger partial charge in [0.05, 0.1) is 13.1 Å². The molecule has 0 aromatic rings.